The summed E-state index contributed by atoms with van der Waals surface area (Å²) in [6, 6.07) is 7.88. The first kappa shape index (κ1) is 17.4. The number of aliphatic hydroxyl groups excluding tert-OH is 1. The zero-order chi connectivity index (χ0) is 17.0. The molecule has 4 nitrogen and oxygen atoms in total. The molecule has 1 aromatic carbocycles. The smallest absolute Gasteiger partial charge is 0.122 e. The minimum atomic E-state index is -0.539. The molecule has 1 atom stereocenters. The molecule has 3 rings (SSSR count). The van der Waals surface area contributed by atoms with Crippen LogP contribution in [0.15, 0.2) is 29.6 Å². The maximum atomic E-state index is 10.3. The summed E-state index contributed by atoms with van der Waals surface area (Å²) in [6.45, 7) is 4.86. The van der Waals surface area contributed by atoms with Crippen LogP contribution in [0.5, 0.6) is 5.75 Å². The molecule has 0 radical (unpaired) electrons. The van der Waals surface area contributed by atoms with Crippen molar-refractivity contribution in [2.24, 2.45) is 0 Å². The Kier molecular flexibility index (Phi) is 5.54. The van der Waals surface area contributed by atoms with Gasteiger partial charge in [0.2, 0.25) is 0 Å². The van der Waals surface area contributed by atoms with Gasteiger partial charge in [-0.25, -0.2) is 4.98 Å². The molecular weight excluding hydrogens is 320 g/mol. The van der Waals surface area contributed by atoms with Crippen molar-refractivity contribution in [3.63, 3.8) is 0 Å². The average molecular weight is 346 g/mol. The fraction of sp³-hybridized carbons (Fsp3) is 0.526. The fourth-order valence-electron chi connectivity index (χ4n) is 3.30. The third-order valence-corrected chi connectivity index (χ3v) is 5.85. The second kappa shape index (κ2) is 7.64. The van der Waals surface area contributed by atoms with Crippen molar-refractivity contribution in [2.75, 3.05) is 13.2 Å². The summed E-state index contributed by atoms with van der Waals surface area (Å²) < 4.78 is 5.75. The third-order valence-electron chi connectivity index (χ3n) is 4.69. The minimum absolute atomic E-state index is 0.0669. The Balaban J connectivity index is 1.56. The lowest BCUT2D eigenvalue weighted by molar-refractivity contribution is 0.0958. The molecule has 5 heteroatoms. The Morgan fingerprint density at radius 1 is 1.29 bits per heavy atom. The Bertz CT molecular complexity index is 665. The van der Waals surface area contributed by atoms with E-state index in [1.807, 2.05) is 38.1 Å². The summed E-state index contributed by atoms with van der Waals surface area (Å²) in [5, 5.41) is 17.2. The number of para-hydroxylation sites is 1. The van der Waals surface area contributed by atoms with Gasteiger partial charge in [-0.3, -0.25) is 0 Å². The predicted molar refractivity (Wildman–Crippen MR) is 97.7 cm³/mol. The highest BCUT2D eigenvalue weighted by molar-refractivity contribution is 7.09. The molecule has 2 N–H and O–H groups in total. The van der Waals surface area contributed by atoms with Gasteiger partial charge in [0.05, 0.1) is 5.54 Å². The first-order valence-corrected chi connectivity index (χ1v) is 9.51. The molecule has 1 saturated carbocycles. The van der Waals surface area contributed by atoms with Crippen molar-refractivity contribution in [1.29, 1.82) is 0 Å². The van der Waals surface area contributed by atoms with Gasteiger partial charge in [0.1, 0.15) is 23.5 Å². The zero-order valence-electron chi connectivity index (χ0n) is 14.4. The fourth-order valence-corrected chi connectivity index (χ4v) is 4.33. The lowest BCUT2D eigenvalue weighted by Crippen LogP contribution is -2.45. The number of hydrogen-bond acceptors (Lipinski definition) is 5. The zero-order valence-corrected chi connectivity index (χ0v) is 15.2. The first-order chi connectivity index (χ1) is 11.6. The molecular formula is C19H26N2O2S. The number of thiazole rings is 1. The van der Waals surface area contributed by atoms with Gasteiger partial charge in [-0.15, -0.1) is 11.3 Å². The van der Waals surface area contributed by atoms with Gasteiger partial charge >= 0.3 is 0 Å². The molecule has 0 spiro atoms. The SMILES string of the molecule is Cc1csc(C2(NCC(O)COc3ccccc3C)CCCC2)n1. The number of rotatable bonds is 7. The van der Waals surface area contributed by atoms with Crippen molar-refractivity contribution < 1.29 is 9.84 Å². The van der Waals surface area contributed by atoms with Crippen LogP contribution in [0.3, 0.4) is 0 Å². The molecule has 24 heavy (non-hydrogen) atoms. The number of aryl methyl sites for hydroxylation is 2. The van der Waals surface area contributed by atoms with Crippen molar-refractivity contribution >= 4 is 11.3 Å². The molecule has 0 saturated heterocycles. The van der Waals surface area contributed by atoms with Gasteiger partial charge in [-0.1, -0.05) is 31.0 Å². The Morgan fingerprint density at radius 3 is 2.71 bits per heavy atom. The van der Waals surface area contributed by atoms with E-state index in [0.29, 0.717) is 13.2 Å². The summed E-state index contributed by atoms with van der Waals surface area (Å²) in [4.78, 5) is 4.69. The van der Waals surface area contributed by atoms with Gasteiger partial charge < -0.3 is 15.2 Å². The van der Waals surface area contributed by atoms with Crippen molar-refractivity contribution in [3.8, 4) is 5.75 Å². The van der Waals surface area contributed by atoms with Crippen LogP contribution < -0.4 is 10.1 Å². The molecule has 1 aliphatic rings. The van der Waals surface area contributed by atoms with Crippen LogP contribution in [0.25, 0.3) is 0 Å². The standard InChI is InChI=1S/C19H26N2O2S/c1-14-7-3-4-8-17(14)23-12-16(22)11-20-19(9-5-6-10-19)18-21-15(2)13-24-18/h3-4,7-8,13,16,20,22H,5-6,9-12H2,1-2H3. The second-order valence-electron chi connectivity index (χ2n) is 6.69. The van der Waals surface area contributed by atoms with E-state index >= 15 is 0 Å². The van der Waals surface area contributed by atoms with Crippen molar-refractivity contribution in [3.05, 3.63) is 45.9 Å². The van der Waals surface area contributed by atoms with E-state index in [-0.39, 0.29) is 5.54 Å². The van der Waals surface area contributed by atoms with Gasteiger partial charge in [-0.2, -0.15) is 0 Å². The molecule has 1 unspecified atom stereocenters. The number of nitrogens with one attached hydrogen (secondary N) is 1. The maximum Gasteiger partial charge on any atom is 0.122 e. The highest BCUT2D eigenvalue weighted by Gasteiger charge is 2.38. The average Bonchev–Trinajstić information content (AvgIpc) is 3.22. The molecule has 0 amide bonds. The molecule has 1 heterocycles. The summed E-state index contributed by atoms with van der Waals surface area (Å²) in [6.07, 6.45) is 4.06. The van der Waals surface area contributed by atoms with E-state index in [9.17, 15) is 5.11 Å². The number of ether oxygens (including phenoxy) is 1. The van der Waals surface area contributed by atoms with E-state index in [0.717, 1.165) is 34.9 Å². The molecule has 1 aliphatic carbocycles. The highest BCUT2D eigenvalue weighted by atomic mass is 32.1. The Hall–Kier alpha value is -1.43. The number of benzene rings is 1. The van der Waals surface area contributed by atoms with Crippen LogP contribution >= 0.6 is 11.3 Å². The lowest BCUT2D eigenvalue weighted by atomic mass is 9.98. The molecule has 1 fully saturated rings. The van der Waals surface area contributed by atoms with Gasteiger partial charge in [-0.05, 0) is 38.3 Å². The van der Waals surface area contributed by atoms with Crippen LogP contribution in [0, 0.1) is 13.8 Å². The second-order valence-corrected chi connectivity index (χ2v) is 7.55. The topological polar surface area (TPSA) is 54.4 Å². The number of aliphatic hydroxyl groups is 1. The summed E-state index contributed by atoms with van der Waals surface area (Å²) in [5.74, 6) is 0.836. The highest BCUT2D eigenvalue weighted by Crippen LogP contribution is 2.40. The molecule has 0 bridgehead atoms. The molecule has 2 aromatic rings. The van der Waals surface area contributed by atoms with E-state index in [2.05, 4.69) is 10.7 Å². The lowest BCUT2D eigenvalue weighted by Gasteiger charge is -2.29. The van der Waals surface area contributed by atoms with Crippen LogP contribution in [-0.4, -0.2) is 29.3 Å². The summed E-state index contributed by atoms with van der Waals surface area (Å²) in [5.41, 5.74) is 2.09. The van der Waals surface area contributed by atoms with E-state index in [1.165, 1.54) is 12.8 Å². The van der Waals surface area contributed by atoms with Crippen LogP contribution in [0.4, 0.5) is 0 Å². The van der Waals surface area contributed by atoms with Gasteiger partial charge in [0.25, 0.3) is 0 Å². The molecule has 1 aromatic heterocycles. The normalized spacial score (nSPS) is 17.8. The van der Waals surface area contributed by atoms with Crippen molar-refractivity contribution in [1.82, 2.24) is 10.3 Å². The largest absolute Gasteiger partial charge is 0.491 e. The number of aromatic nitrogens is 1. The van der Waals surface area contributed by atoms with Crippen LogP contribution in [-0.2, 0) is 5.54 Å². The number of hydrogen-bond donors (Lipinski definition) is 2. The van der Waals surface area contributed by atoms with E-state index < -0.39 is 6.10 Å². The third kappa shape index (κ3) is 3.97. The van der Waals surface area contributed by atoms with Crippen LogP contribution in [0.1, 0.15) is 41.9 Å². The van der Waals surface area contributed by atoms with E-state index in [1.54, 1.807) is 11.3 Å². The van der Waals surface area contributed by atoms with Crippen molar-refractivity contribution in [2.45, 2.75) is 51.2 Å². The summed E-state index contributed by atoms with van der Waals surface area (Å²) >= 11 is 1.72. The first-order valence-electron chi connectivity index (χ1n) is 8.63. The maximum absolute atomic E-state index is 10.3. The quantitative estimate of drug-likeness (QED) is 0.805. The Labute approximate surface area is 147 Å². The molecule has 130 valence electrons. The van der Waals surface area contributed by atoms with Gasteiger partial charge in [0, 0.05) is 17.6 Å². The Morgan fingerprint density at radius 2 is 2.04 bits per heavy atom. The predicted octanol–water partition coefficient (Wildman–Crippen LogP) is 3.56. The number of nitrogens with zero attached hydrogens (tertiary/aromatic N) is 1. The van der Waals surface area contributed by atoms with E-state index in [4.69, 9.17) is 9.72 Å². The minimum Gasteiger partial charge on any atom is -0.491 e. The van der Waals surface area contributed by atoms with Gasteiger partial charge in [0.15, 0.2) is 0 Å². The monoisotopic (exact) mass is 346 g/mol. The van der Waals surface area contributed by atoms with Crippen LogP contribution in [0.2, 0.25) is 0 Å². The molecule has 0 aliphatic heterocycles. The summed E-state index contributed by atoms with van der Waals surface area (Å²) in [7, 11) is 0.